The molecule has 0 N–H and O–H groups in total. The highest BCUT2D eigenvalue weighted by Gasteiger charge is 2.63. The lowest BCUT2D eigenvalue weighted by atomic mass is 10.1. The summed E-state index contributed by atoms with van der Waals surface area (Å²) >= 11 is -3.36. The van der Waals surface area contributed by atoms with Crippen LogP contribution in [0.15, 0.2) is 35.2 Å². The van der Waals surface area contributed by atoms with E-state index in [9.17, 15) is 35.3 Å². The molecule has 1 aliphatic rings. The molecular weight excluding hydrogens is 377 g/mol. The minimum Gasteiger partial charge on any atom is -0.607 e. The van der Waals surface area contributed by atoms with E-state index in [0.717, 1.165) is 12.1 Å². The highest BCUT2D eigenvalue weighted by Crippen LogP contribution is 2.55. The molecule has 134 valence electrons. The molecule has 1 heterocycles. The Labute approximate surface area is 139 Å². The zero-order chi connectivity index (χ0) is 18.5. The van der Waals surface area contributed by atoms with Crippen molar-refractivity contribution < 1.29 is 40.0 Å². The maximum atomic E-state index is 13.7. The molecule has 0 unspecified atom stereocenters. The van der Waals surface area contributed by atoms with Crippen molar-refractivity contribution in [2.24, 2.45) is 0 Å². The Kier molecular flexibility index (Phi) is 4.36. The predicted molar refractivity (Wildman–Crippen MR) is 73.0 cm³/mol. The zero-order valence-electron chi connectivity index (χ0n) is 11.9. The van der Waals surface area contributed by atoms with E-state index in [2.05, 4.69) is 0 Å². The predicted octanol–water partition coefficient (Wildman–Crippen LogP) is 5.42. The number of benzene rings is 2. The van der Waals surface area contributed by atoms with Crippen molar-refractivity contribution in [3.05, 3.63) is 53.1 Å². The number of fused-ring (bicyclic) bond motifs is 1. The molecule has 0 saturated heterocycles. The molecule has 1 aliphatic heterocycles. The van der Waals surface area contributed by atoms with Crippen molar-refractivity contribution >= 4 is 11.2 Å². The first-order valence-electron chi connectivity index (χ1n) is 6.65. The monoisotopic (exact) mass is 384 g/mol. The van der Waals surface area contributed by atoms with Gasteiger partial charge in [-0.2, -0.15) is 8.78 Å². The van der Waals surface area contributed by atoms with Crippen molar-refractivity contribution in [2.75, 3.05) is 0 Å². The van der Waals surface area contributed by atoms with Crippen LogP contribution in [0.2, 0.25) is 0 Å². The molecule has 3 rings (SSSR count). The highest BCUT2D eigenvalue weighted by atomic mass is 32.2. The molecule has 0 radical (unpaired) electrons. The fourth-order valence-corrected chi connectivity index (χ4v) is 3.79. The fourth-order valence-electron chi connectivity index (χ4n) is 2.43. The van der Waals surface area contributed by atoms with Crippen molar-refractivity contribution in [2.45, 2.75) is 22.7 Å². The van der Waals surface area contributed by atoms with Gasteiger partial charge in [0, 0.05) is 18.2 Å². The lowest BCUT2D eigenvalue weighted by Gasteiger charge is -2.16. The van der Waals surface area contributed by atoms with E-state index < -0.39 is 68.2 Å². The Morgan fingerprint density at radius 3 is 2.24 bits per heavy atom. The first kappa shape index (κ1) is 17.9. The Balaban J connectivity index is 2.12. The summed E-state index contributed by atoms with van der Waals surface area (Å²) in [5, 5.41) is -4.37. The highest BCUT2D eigenvalue weighted by molar-refractivity contribution is 7.93. The van der Waals surface area contributed by atoms with Gasteiger partial charge in [0.25, 0.3) is 6.43 Å². The van der Waals surface area contributed by atoms with Gasteiger partial charge in [-0.1, -0.05) is 0 Å². The molecule has 0 spiro atoms. The topological polar surface area (TPSA) is 32.3 Å². The van der Waals surface area contributed by atoms with E-state index >= 15 is 0 Å². The normalized spacial score (nSPS) is 21.5. The van der Waals surface area contributed by atoms with E-state index in [4.69, 9.17) is 4.74 Å². The van der Waals surface area contributed by atoms with Crippen molar-refractivity contribution in [3.63, 3.8) is 0 Å². The zero-order valence-corrected chi connectivity index (χ0v) is 12.7. The maximum absolute atomic E-state index is 13.7. The second kappa shape index (κ2) is 6.10. The average molecular weight is 384 g/mol. The second-order valence-corrected chi connectivity index (χ2v) is 6.59. The van der Waals surface area contributed by atoms with Crippen molar-refractivity contribution in [3.8, 4) is 11.5 Å². The van der Waals surface area contributed by atoms with Gasteiger partial charge in [-0.15, -0.1) is 0 Å². The molecule has 2 nitrogen and oxygen atoms in total. The van der Waals surface area contributed by atoms with Crippen molar-refractivity contribution in [1.29, 1.82) is 0 Å². The summed E-state index contributed by atoms with van der Waals surface area (Å²) in [6.45, 7) is 0. The Hall–Kier alpha value is -1.94. The number of ether oxygens (including phenoxy) is 1. The third kappa shape index (κ3) is 2.93. The Morgan fingerprint density at radius 2 is 1.68 bits per heavy atom. The molecular formula is C15H7F7O2S. The summed E-state index contributed by atoms with van der Waals surface area (Å²) in [5.41, 5.74) is -2.04. The summed E-state index contributed by atoms with van der Waals surface area (Å²) in [6, 6.07) is 3.35. The lowest BCUT2D eigenvalue weighted by molar-refractivity contribution is 0.0102. The van der Waals surface area contributed by atoms with Crippen LogP contribution >= 0.6 is 0 Å². The summed E-state index contributed by atoms with van der Waals surface area (Å²) < 4.78 is 111. The van der Waals surface area contributed by atoms with Crippen LogP contribution in [0.5, 0.6) is 11.5 Å². The van der Waals surface area contributed by atoms with Gasteiger partial charge in [0.2, 0.25) is 6.17 Å². The average Bonchev–Trinajstić information content (AvgIpc) is 2.67. The third-order valence-electron chi connectivity index (χ3n) is 3.47. The Bertz CT molecular complexity index is 808. The van der Waals surface area contributed by atoms with Crippen molar-refractivity contribution in [1.82, 2.24) is 0 Å². The van der Waals surface area contributed by atoms with E-state index in [1.807, 2.05) is 0 Å². The second-order valence-electron chi connectivity index (χ2n) is 5.10. The van der Waals surface area contributed by atoms with Gasteiger partial charge < -0.3 is 9.29 Å². The molecule has 10 heteroatoms. The first-order valence-corrected chi connectivity index (χ1v) is 7.80. The van der Waals surface area contributed by atoms with Gasteiger partial charge in [0.05, 0.1) is 16.7 Å². The minimum absolute atomic E-state index is 0.507. The van der Waals surface area contributed by atoms with Gasteiger partial charge in [-0.3, -0.25) is 0 Å². The van der Waals surface area contributed by atoms with Crippen LogP contribution in [-0.4, -0.2) is 9.81 Å². The molecule has 0 aliphatic carbocycles. The molecule has 0 amide bonds. The quantitative estimate of drug-likeness (QED) is 0.523. The number of rotatable bonds is 3. The summed E-state index contributed by atoms with van der Waals surface area (Å²) in [7, 11) is 0. The van der Waals surface area contributed by atoms with Gasteiger partial charge >= 0.3 is 5.25 Å². The van der Waals surface area contributed by atoms with Crippen LogP contribution in [0, 0.1) is 11.6 Å². The van der Waals surface area contributed by atoms with Gasteiger partial charge in [-0.25, -0.2) is 22.0 Å². The number of hydrogen-bond donors (Lipinski definition) is 0. The summed E-state index contributed by atoms with van der Waals surface area (Å²) in [5.74, 6) is -3.40. The SMILES string of the molecule is [O-][S@@+]1c2c(ccc(Oc3cc(F)cc(F)c3)c2C(F)F)[C@@H](F)C1(F)F. The Morgan fingerprint density at radius 1 is 1.08 bits per heavy atom. The third-order valence-corrected chi connectivity index (χ3v) is 5.00. The van der Waals surface area contributed by atoms with Gasteiger partial charge in [-0.05, 0) is 12.1 Å². The maximum Gasteiger partial charge on any atom is 0.447 e. The summed E-state index contributed by atoms with van der Waals surface area (Å²) in [4.78, 5) is -1.07. The largest absolute Gasteiger partial charge is 0.607 e. The molecule has 25 heavy (non-hydrogen) atoms. The van der Waals surface area contributed by atoms with Gasteiger partial charge in [0.15, 0.2) is 4.90 Å². The van der Waals surface area contributed by atoms with Gasteiger partial charge in [0.1, 0.15) is 28.7 Å². The van der Waals surface area contributed by atoms with Crippen LogP contribution in [-0.2, 0) is 11.2 Å². The van der Waals surface area contributed by atoms with E-state index in [-0.39, 0.29) is 0 Å². The molecule has 0 fully saturated rings. The van der Waals surface area contributed by atoms with Crippen LogP contribution in [0.4, 0.5) is 30.7 Å². The fraction of sp³-hybridized carbons (Fsp3) is 0.200. The number of alkyl halides is 5. The van der Waals surface area contributed by atoms with Crippen LogP contribution < -0.4 is 4.74 Å². The molecule has 2 aromatic rings. The minimum atomic E-state index is -4.37. The summed E-state index contributed by atoms with van der Waals surface area (Å²) in [6.07, 6.45) is -6.45. The molecule has 2 aromatic carbocycles. The lowest BCUT2D eigenvalue weighted by Crippen LogP contribution is -2.27. The van der Waals surface area contributed by atoms with Crippen LogP contribution in [0.25, 0.3) is 0 Å². The number of hydrogen-bond acceptors (Lipinski definition) is 2. The van der Waals surface area contributed by atoms with E-state index in [1.165, 1.54) is 0 Å². The molecule has 2 atom stereocenters. The van der Waals surface area contributed by atoms with Crippen LogP contribution in [0.1, 0.15) is 23.7 Å². The molecule has 0 aromatic heterocycles. The smallest absolute Gasteiger partial charge is 0.447 e. The number of halogens is 7. The van der Waals surface area contributed by atoms with E-state index in [1.54, 1.807) is 0 Å². The van der Waals surface area contributed by atoms with E-state index in [0.29, 0.717) is 18.2 Å². The standard InChI is InChI=1S/C15H7F7O2S/c16-6-3-7(17)5-8(4-6)24-10-2-1-9-12(11(10)14(19)20)25(23)15(21,22)13(9)18/h1-5,13-14H/t13-,25+/m1/s1. The first-order chi connectivity index (χ1) is 11.6. The molecule has 0 bridgehead atoms. The molecule has 0 saturated carbocycles. The van der Waals surface area contributed by atoms with Crippen LogP contribution in [0.3, 0.4) is 0 Å².